The molecule has 2 aromatic carbocycles. The molecule has 2 rings (SSSR count). The third-order valence-corrected chi connectivity index (χ3v) is 4.41. The molecule has 0 heterocycles. The Labute approximate surface area is 175 Å². The Kier molecular flexibility index (Phi) is 8.05. The zero-order valence-electron chi connectivity index (χ0n) is 16.9. The van der Waals surface area contributed by atoms with Crippen LogP contribution in [0.3, 0.4) is 0 Å². The number of carbonyl (C=O) groups excluding carboxylic acids is 4. The van der Waals surface area contributed by atoms with Gasteiger partial charge in [0, 0.05) is 13.0 Å². The van der Waals surface area contributed by atoms with Gasteiger partial charge in [0.25, 0.3) is 0 Å². The summed E-state index contributed by atoms with van der Waals surface area (Å²) in [4.78, 5) is 47.5. The van der Waals surface area contributed by atoms with Gasteiger partial charge in [-0.1, -0.05) is 54.6 Å². The molecule has 0 saturated carbocycles. The molecule has 0 radical (unpaired) electrons. The Morgan fingerprint density at radius 2 is 1.57 bits per heavy atom. The summed E-state index contributed by atoms with van der Waals surface area (Å²) in [7, 11) is 0. The Morgan fingerprint density at radius 1 is 0.933 bits per heavy atom. The number of primary amides is 1. The number of nitrogens with two attached hydrogens (primary N) is 1. The Morgan fingerprint density at radius 3 is 2.10 bits per heavy atom. The lowest BCUT2D eigenvalue weighted by atomic mass is 10.0. The lowest BCUT2D eigenvalue weighted by Gasteiger charge is -2.22. The highest BCUT2D eigenvalue weighted by atomic mass is 16.2. The van der Waals surface area contributed by atoms with Crippen LogP contribution >= 0.6 is 0 Å². The molecule has 0 saturated heterocycles. The van der Waals surface area contributed by atoms with Gasteiger partial charge in [-0.05, 0) is 36.1 Å². The first kappa shape index (κ1) is 22.5. The lowest BCUT2D eigenvalue weighted by Crippen LogP contribution is -2.47. The van der Waals surface area contributed by atoms with Gasteiger partial charge in [-0.3, -0.25) is 19.2 Å². The average molecular weight is 407 g/mol. The molecule has 0 bridgehead atoms. The molecule has 30 heavy (non-hydrogen) atoms. The van der Waals surface area contributed by atoms with Crippen LogP contribution in [0.5, 0.6) is 0 Å². The maximum atomic E-state index is 12.9. The van der Waals surface area contributed by atoms with Crippen molar-refractivity contribution in [2.75, 3.05) is 0 Å². The van der Waals surface area contributed by atoms with Crippen LogP contribution in [-0.4, -0.2) is 29.5 Å². The number of amides is 3. The normalized spacial score (nSPS) is 12.7. The lowest BCUT2D eigenvalue weighted by molar-refractivity contribution is -0.130. The van der Waals surface area contributed by atoms with Crippen LogP contribution in [0.1, 0.15) is 36.6 Å². The van der Waals surface area contributed by atoms with Crippen LogP contribution in [0.2, 0.25) is 0 Å². The van der Waals surface area contributed by atoms with Crippen molar-refractivity contribution < 1.29 is 19.2 Å². The van der Waals surface area contributed by atoms with Gasteiger partial charge in [0.05, 0.1) is 6.04 Å². The first-order valence-electron chi connectivity index (χ1n) is 9.45. The summed E-state index contributed by atoms with van der Waals surface area (Å²) in [5.74, 6) is -1.61. The third-order valence-electron chi connectivity index (χ3n) is 4.41. The van der Waals surface area contributed by atoms with E-state index in [9.17, 15) is 19.2 Å². The molecule has 7 heteroatoms. The van der Waals surface area contributed by atoms with E-state index in [4.69, 9.17) is 5.73 Å². The molecule has 2 aromatic rings. The van der Waals surface area contributed by atoms with Crippen LogP contribution in [0.4, 0.5) is 0 Å². The molecule has 156 valence electrons. The van der Waals surface area contributed by atoms with Crippen molar-refractivity contribution in [3.63, 3.8) is 0 Å². The van der Waals surface area contributed by atoms with Crippen molar-refractivity contribution >= 4 is 29.6 Å². The van der Waals surface area contributed by atoms with Gasteiger partial charge in [-0.2, -0.15) is 0 Å². The highest BCUT2D eigenvalue weighted by molar-refractivity contribution is 5.93. The van der Waals surface area contributed by atoms with Gasteiger partial charge in [0.1, 0.15) is 6.04 Å². The molecule has 7 nitrogen and oxygen atoms in total. The molecule has 3 amide bonds. The maximum Gasteiger partial charge on any atom is 0.247 e. The van der Waals surface area contributed by atoms with E-state index in [0.29, 0.717) is 17.5 Å². The van der Waals surface area contributed by atoms with Crippen LogP contribution in [0, 0.1) is 0 Å². The molecular weight excluding hydrogens is 382 g/mol. The predicted molar refractivity (Wildman–Crippen MR) is 114 cm³/mol. The molecular formula is C23H25N3O4. The topological polar surface area (TPSA) is 118 Å². The van der Waals surface area contributed by atoms with Gasteiger partial charge >= 0.3 is 0 Å². The fourth-order valence-corrected chi connectivity index (χ4v) is 2.88. The van der Waals surface area contributed by atoms with Crippen LogP contribution in [-0.2, 0) is 25.6 Å². The SMILES string of the molecule is CC(=O)NC(C(=O)NC(Cc1ccccc1)C(C)=O)c1ccc(C=CC(N)=O)cc1. The fraction of sp³-hybridized carbons (Fsp3) is 0.217. The average Bonchev–Trinajstić information content (AvgIpc) is 2.71. The number of hydrogen-bond donors (Lipinski definition) is 3. The highest BCUT2D eigenvalue weighted by Crippen LogP contribution is 2.16. The molecule has 0 aromatic heterocycles. The Bertz CT molecular complexity index is 937. The van der Waals surface area contributed by atoms with Gasteiger partial charge < -0.3 is 16.4 Å². The summed E-state index contributed by atoms with van der Waals surface area (Å²) in [6, 6.07) is 14.4. The van der Waals surface area contributed by atoms with Gasteiger partial charge in [-0.25, -0.2) is 0 Å². The zero-order valence-corrected chi connectivity index (χ0v) is 16.9. The smallest absolute Gasteiger partial charge is 0.247 e. The summed E-state index contributed by atoms with van der Waals surface area (Å²) >= 11 is 0. The second kappa shape index (κ2) is 10.7. The van der Waals surface area contributed by atoms with E-state index in [1.54, 1.807) is 30.3 Å². The summed E-state index contributed by atoms with van der Waals surface area (Å²) in [6.07, 6.45) is 3.13. The van der Waals surface area contributed by atoms with E-state index < -0.39 is 23.9 Å². The fourth-order valence-electron chi connectivity index (χ4n) is 2.88. The van der Waals surface area contributed by atoms with Crippen LogP contribution in [0.15, 0.2) is 60.7 Å². The van der Waals surface area contributed by atoms with Crippen LogP contribution < -0.4 is 16.4 Å². The molecule has 4 N–H and O–H groups in total. The molecule has 0 aliphatic rings. The second-order valence-corrected chi connectivity index (χ2v) is 6.90. The number of nitrogens with one attached hydrogen (secondary N) is 2. The van der Waals surface area contributed by atoms with E-state index in [0.717, 1.165) is 5.56 Å². The van der Waals surface area contributed by atoms with Crippen molar-refractivity contribution in [3.8, 4) is 0 Å². The highest BCUT2D eigenvalue weighted by Gasteiger charge is 2.26. The van der Waals surface area contributed by atoms with Gasteiger partial charge in [-0.15, -0.1) is 0 Å². The van der Waals surface area contributed by atoms with Crippen molar-refractivity contribution in [2.24, 2.45) is 5.73 Å². The number of ketones is 1. The number of rotatable bonds is 9. The second-order valence-electron chi connectivity index (χ2n) is 6.90. The van der Waals surface area contributed by atoms with E-state index in [1.165, 1.54) is 19.9 Å². The van der Waals surface area contributed by atoms with Gasteiger partial charge in [0.2, 0.25) is 17.7 Å². The molecule has 2 atom stereocenters. The van der Waals surface area contributed by atoms with Gasteiger partial charge in [0.15, 0.2) is 5.78 Å². The van der Waals surface area contributed by atoms with Crippen molar-refractivity contribution in [3.05, 3.63) is 77.4 Å². The minimum absolute atomic E-state index is 0.180. The molecule has 0 fully saturated rings. The van der Waals surface area contributed by atoms with E-state index in [2.05, 4.69) is 10.6 Å². The van der Waals surface area contributed by atoms with Crippen molar-refractivity contribution in [1.82, 2.24) is 10.6 Å². The monoisotopic (exact) mass is 407 g/mol. The molecule has 0 spiro atoms. The van der Waals surface area contributed by atoms with E-state index in [1.807, 2.05) is 30.3 Å². The number of carbonyl (C=O) groups is 4. The first-order chi connectivity index (χ1) is 14.3. The predicted octanol–water partition coefficient (Wildman–Crippen LogP) is 1.68. The standard InChI is InChI=1S/C23H25N3O4/c1-15(27)20(14-18-6-4-3-5-7-18)26-23(30)22(25-16(2)28)19-11-8-17(9-12-19)10-13-21(24)29/h3-13,20,22H,14H2,1-2H3,(H2,24,29)(H,25,28)(H,26,30). The Hall–Kier alpha value is -3.74. The largest absolute Gasteiger partial charge is 0.366 e. The minimum atomic E-state index is -0.964. The Balaban J connectivity index is 2.20. The van der Waals surface area contributed by atoms with E-state index in [-0.39, 0.29) is 11.7 Å². The summed E-state index contributed by atoms with van der Waals surface area (Å²) in [6.45, 7) is 2.73. The minimum Gasteiger partial charge on any atom is -0.366 e. The number of benzene rings is 2. The van der Waals surface area contributed by atoms with Crippen LogP contribution in [0.25, 0.3) is 6.08 Å². The molecule has 2 unspecified atom stereocenters. The first-order valence-corrected chi connectivity index (χ1v) is 9.45. The summed E-state index contributed by atoms with van der Waals surface area (Å²) in [5, 5.41) is 5.36. The zero-order chi connectivity index (χ0) is 22.1. The number of Topliss-reactive ketones (excluding diaryl/α,β-unsaturated/α-hetero) is 1. The quantitative estimate of drug-likeness (QED) is 0.548. The molecule has 0 aliphatic carbocycles. The maximum absolute atomic E-state index is 12.9. The van der Waals surface area contributed by atoms with Crippen molar-refractivity contribution in [2.45, 2.75) is 32.4 Å². The van der Waals surface area contributed by atoms with Crippen molar-refractivity contribution in [1.29, 1.82) is 0 Å². The molecule has 0 aliphatic heterocycles. The number of hydrogen-bond acceptors (Lipinski definition) is 4. The van der Waals surface area contributed by atoms with E-state index >= 15 is 0 Å². The summed E-state index contributed by atoms with van der Waals surface area (Å²) in [5.41, 5.74) is 7.26. The third kappa shape index (κ3) is 7.01. The summed E-state index contributed by atoms with van der Waals surface area (Å²) < 4.78 is 0.